The van der Waals surface area contributed by atoms with Gasteiger partial charge >= 0.3 is 0 Å². The van der Waals surface area contributed by atoms with E-state index in [1.807, 2.05) is 38.1 Å². The predicted molar refractivity (Wildman–Crippen MR) is 135 cm³/mol. The van der Waals surface area contributed by atoms with Gasteiger partial charge in [0.05, 0.1) is 17.7 Å². The Balaban J connectivity index is 1.70. The SMILES string of the molecule is CC(C)Oc1ccc(/C(O)=C2/C(=O)C(=O)N(CCN3CCNCC3)C2c2cccc(Br)c2)cc1. The highest BCUT2D eigenvalue weighted by atomic mass is 79.9. The average molecular weight is 528 g/mol. The van der Waals surface area contributed by atoms with Crippen molar-refractivity contribution in [2.45, 2.75) is 26.0 Å². The van der Waals surface area contributed by atoms with Crippen LogP contribution in [0.25, 0.3) is 5.76 Å². The van der Waals surface area contributed by atoms with Gasteiger partial charge < -0.3 is 20.1 Å². The normalized spacial score (nSPS) is 20.8. The van der Waals surface area contributed by atoms with Gasteiger partial charge in [0.2, 0.25) is 0 Å². The minimum absolute atomic E-state index is 0.0250. The number of rotatable bonds is 7. The van der Waals surface area contributed by atoms with Crippen molar-refractivity contribution in [3.8, 4) is 5.75 Å². The quantitative estimate of drug-likeness (QED) is 0.325. The first-order valence-corrected chi connectivity index (χ1v) is 12.4. The average Bonchev–Trinajstić information content (AvgIpc) is 3.08. The van der Waals surface area contributed by atoms with Crippen LogP contribution in [0.1, 0.15) is 31.0 Å². The molecule has 8 heteroatoms. The van der Waals surface area contributed by atoms with E-state index in [0.29, 0.717) is 24.4 Å². The van der Waals surface area contributed by atoms with E-state index < -0.39 is 17.7 Å². The van der Waals surface area contributed by atoms with Crippen molar-refractivity contribution in [3.05, 3.63) is 69.7 Å². The first-order valence-electron chi connectivity index (χ1n) is 11.6. The van der Waals surface area contributed by atoms with E-state index in [9.17, 15) is 14.7 Å². The number of carbonyl (C=O) groups is 2. The molecule has 0 spiro atoms. The highest BCUT2D eigenvalue weighted by Gasteiger charge is 2.46. The van der Waals surface area contributed by atoms with Crippen LogP contribution in [0.5, 0.6) is 5.75 Å². The maximum absolute atomic E-state index is 13.2. The largest absolute Gasteiger partial charge is 0.507 e. The lowest BCUT2D eigenvalue weighted by Gasteiger charge is -2.31. The number of carbonyl (C=O) groups excluding carboxylic acids is 2. The fraction of sp³-hybridized carbons (Fsp3) is 0.385. The van der Waals surface area contributed by atoms with Crippen molar-refractivity contribution in [1.29, 1.82) is 0 Å². The number of piperazine rings is 1. The van der Waals surface area contributed by atoms with Gasteiger partial charge in [0, 0.05) is 49.3 Å². The molecule has 0 saturated carbocycles. The Hall–Kier alpha value is -2.68. The van der Waals surface area contributed by atoms with Crippen LogP contribution in [0.2, 0.25) is 0 Å². The number of benzene rings is 2. The lowest BCUT2D eigenvalue weighted by molar-refractivity contribution is -0.140. The Morgan fingerprint density at radius 3 is 2.47 bits per heavy atom. The van der Waals surface area contributed by atoms with Gasteiger partial charge in [-0.15, -0.1) is 0 Å². The molecule has 2 fully saturated rings. The van der Waals surface area contributed by atoms with E-state index in [1.165, 1.54) is 0 Å². The molecule has 2 heterocycles. The second-order valence-electron chi connectivity index (χ2n) is 8.83. The smallest absolute Gasteiger partial charge is 0.295 e. The molecule has 4 rings (SSSR count). The lowest BCUT2D eigenvalue weighted by atomic mass is 9.95. The summed E-state index contributed by atoms with van der Waals surface area (Å²) in [5.74, 6) is -0.748. The maximum Gasteiger partial charge on any atom is 0.295 e. The highest BCUT2D eigenvalue weighted by Crippen LogP contribution is 2.40. The third-order valence-corrected chi connectivity index (χ3v) is 6.56. The van der Waals surface area contributed by atoms with Gasteiger partial charge in [0.1, 0.15) is 11.5 Å². The molecule has 34 heavy (non-hydrogen) atoms. The number of nitrogens with one attached hydrogen (secondary N) is 1. The number of aliphatic hydroxyl groups is 1. The zero-order valence-electron chi connectivity index (χ0n) is 19.5. The fourth-order valence-corrected chi connectivity index (χ4v) is 4.85. The summed E-state index contributed by atoms with van der Waals surface area (Å²) in [5.41, 5.74) is 1.35. The van der Waals surface area contributed by atoms with Gasteiger partial charge in [-0.2, -0.15) is 0 Å². The second-order valence-corrected chi connectivity index (χ2v) is 9.75. The fourth-order valence-electron chi connectivity index (χ4n) is 4.44. The molecule has 0 aliphatic carbocycles. The molecular formula is C26H30BrN3O4. The first kappa shape index (κ1) is 24.4. The van der Waals surface area contributed by atoms with Crippen molar-refractivity contribution in [1.82, 2.24) is 15.1 Å². The van der Waals surface area contributed by atoms with E-state index >= 15 is 0 Å². The summed E-state index contributed by atoms with van der Waals surface area (Å²) in [4.78, 5) is 30.2. The molecule has 0 aromatic heterocycles. The number of amides is 1. The maximum atomic E-state index is 13.2. The zero-order valence-corrected chi connectivity index (χ0v) is 21.0. The molecule has 2 saturated heterocycles. The molecule has 0 radical (unpaired) electrons. The van der Waals surface area contributed by atoms with Crippen molar-refractivity contribution >= 4 is 33.4 Å². The summed E-state index contributed by atoms with van der Waals surface area (Å²) in [5, 5.41) is 14.5. The Bertz CT molecular complexity index is 1080. The van der Waals surface area contributed by atoms with E-state index in [-0.39, 0.29) is 17.4 Å². The Labute approximate surface area is 208 Å². The topological polar surface area (TPSA) is 82.1 Å². The monoisotopic (exact) mass is 527 g/mol. The molecule has 2 aliphatic heterocycles. The minimum atomic E-state index is -0.662. The van der Waals surface area contributed by atoms with E-state index in [0.717, 1.165) is 36.2 Å². The zero-order chi connectivity index (χ0) is 24.2. The summed E-state index contributed by atoms with van der Waals surface area (Å²) < 4.78 is 6.52. The van der Waals surface area contributed by atoms with Gasteiger partial charge in [-0.25, -0.2) is 0 Å². The number of aliphatic hydroxyl groups excluding tert-OH is 1. The van der Waals surface area contributed by atoms with Crippen molar-refractivity contribution in [2.75, 3.05) is 39.3 Å². The third kappa shape index (κ3) is 5.35. The number of ether oxygens (including phenoxy) is 1. The summed E-state index contributed by atoms with van der Waals surface area (Å²) in [7, 11) is 0. The molecular weight excluding hydrogens is 498 g/mol. The minimum Gasteiger partial charge on any atom is -0.507 e. The predicted octanol–water partition coefficient (Wildman–Crippen LogP) is 3.56. The van der Waals surface area contributed by atoms with Gasteiger partial charge in [-0.05, 0) is 55.8 Å². The lowest BCUT2D eigenvalue weighted by Crippen LogP contribution is -2.46. The van der Waals surface area contributed by atoms with Crippen LogP contribution >= 0.6 is 15.9 Å². The summed E-state index contributed by atoms with van der Waals surface area (Å²) >= 11 is 3.49. The van der Waals surface area contributed by atoms with E-state index in [4.69, 9.17) is 4.74 Å². The highest BCUT2D eigenvalue weighted by molar-refractivity contribution is 9.10. The number of halogens is 1. The number of likely N-dealkylation sites (tertiary alicyclic amines) is 1. The summed E-state index contributed by atoms with van der Waals surface area (Å²) in [6, 6.07) is 13.8. The number of ketones is 1. The Morgan fingerprint density at radius 2 is 1.82 bits per heavy atom. The van der Waals surface area contributed by atoms with Crippen LogP contribution < -0.4 is 10.1 Å². The Kier molecular flexibility index (Phi) is 7.70. The number of nitrogens with zero attached hydrogens (tertiary/aromatic N) is 2. The van der Waals surface area contributed by atoms with Crippen LogP contribution in [0.3, 0.4) is 0 Å². The van der Waals surface area contributed by atoms with Crippen LogP contribution in [0.15, 0.2) is 58.6 Å². The molecule has 1 amide bonds. The van der Waals surface area contributed by atoms with Crippen molar-refractivity contribution < 1.29 is 19.4 Å². The molecule has 2 aromatic rings. The molecule has 2 aromatic carbocycles. The second kappa shape index (κ2) is 10.7. The summed E-state index contributed by atoms with van der Waals surface area (Å²) in [6.45, 7) is 8.56. The first-order chi connectivity index (χ1) is 16.3. The standard InChI is InChI=1S/C26H30BrN3O4/c1-17(2)34-21-8-6-18(7-9-21)24(31)22-23(19-4-3-5-20(27)16-19)30(26(33)25(22)32)15-14-29-12-10-28-11-13-29/h3-9,16-17,23,28,31H,10-15H2,1-2H3/b24-22-. The molecule has 1 atom stereocenters. The molecule has 0 bridgehead atoms. The van der Waals surface area contributed by atoms with Crippen molar-refractivity contribution in [2.24, 2.45) is 0 Å². The summed E-state index contributed by atoms with van der Waals surface area (Å²) in [6.07, 6.45) is 0.0250. The molecule has 2 N–H and O–H groups in total. The van der Waals surface area contributed by atoms with E-state index in [2.05, 4.69) is 26.1 Å². The molecule has 7 nitrogen and oxygen atoms in total. The van der Waals surface area contributed by atoms with Gasteiger partial charge in [-0.3, -0.25) is 14.5 Å². The van der Waals surface area contributed by atoms with Gasteiger partial charge in [0.25, 0.3) is 11.7 Å². The molecule has 180 valence electrons. The van der Waals surface area contributed by atoms with Gasteiger partial charge in [-0.1, -0.05) is 28.1 Å². The Morgan fingerprint density at radius 1 is 1.12 bits per heavy atom. The molecule has 2 aliphatic rings. The number of hydrogen-bond acceptors (Lipinski definition) is 6. The number of Topliss-reactive ketones (excluding diaryl/α,β-unsaturated/α-hetero) is 1. The van der Waals surface area contributed by atoms with Crippen molar-refractivity contribution in [3.63, 3.8) is 0 Å². The molecule has 1 unspecified atom stereocenters. The van der Waals surface area contributed by atoms with Crippen LogP contribution in [-0.2, 0) is 9.59 Å². The third-order valence-electron chi connectivity index (χ3n) is 6.07. The van der Waals surface area contributed by atoms with Gasteiger partial charge in [0.15, 0.2) is 0 Å². The van der Waals surface area contributed by atoms with Crippen LogP contribution in [0, 0.1) is 0 Å². The van der Waals surface area contributed by atoms with Crippen LogP contribution in [-0.4, -0.2) is 72.0 Å². The number of hydrogen-bond donors (Lipinski definition) is 2. The van der Waals surface area contributed by atoms with Crippen LogP contribution in [0.4, 0.5) is 0 Å². The van der Waals surface area contributed by atoms with E-state index in [1.54, 1.807) is 29.2 Å².